The van der Waals surface area contributed by atoms with E-state index in [1.807, 2.05) is 0 Å². The summed E-state index contributed by atoms with van der Waals surface area (Å²) in [6.45, 7) is 13.5. The molecule has 1 N–H and O–H groups in total. The Labute approximate surface area is 294 Å². The maximum atomic E-state index is 5.53. The lowest BCUT2D eigenvalue weighted by molar-refractivity contribution is 0.583. The number of hydrogen-bond acceptors (Lipinski definition) is 3. The highest BCUT2D eigenvalue weighted by Gasteiger charge is 2.27. The van der Waals surface area contributed by atoms with Crippen molar-refractivity contribution in [1.29, 1.82) is 0 Å². The highest BCUT2D eigenvalue weighted by atomic mass is 15.1. The van der Waals surface area contributed by atoms with Gasteiger partial charge in [-0.15, -0.1) is 0 Å². The van der Waals surface area contributed by atoms with Gasteiger partial charge in [-0.1, -0.05) is 133 Å². The monoisotopic (exact) mass is 650 g/mol. The molecule has 0 aliphatic carbocycles. The van der Waals surface area contributed by atoms with E-state index in [4.69, 9.17) is 9.97 Å². The van der Waals surface area contributed by atoms with Crippen LogP contribution in [0.25, 0.3) is 55.4 Å². The van der Waals surface area contributed by atoms with Gasteiger partial charge in [0.2, 0.25) is 0 Å². The van der Waals surface area contributed by atoms with E-state index in [0.29, 0.717) is 0 Å². The van der Waals surface area contributed by atoms with Gasteiger partial charge < -0.3 is 9.88 Å². The molecule has 0 amide bonds. The van der Waals surface area contributed by atoms with Crippen molar-refractivity contribution in [1.82, 2.24) is 15.0 Å². The SMILES string of the molecule is CC(C)(C)c1ccc(C(C)(C)C)c2nc(-c3ccc(N(c4ccccc4)c4ccc5[nH]c6ccccc6c5c4)cc3)c(-c3ccccc3)nc12. The van der Waals surface area contributed by atoms with Gasteiger partial charge in [-0.05, 0) is 70.5 Å². The summed E-state index contributed by atoms with van der Waals surface area (Å²) < 4.78 is 0. The topological polar surface area (TPSA) is 44.8 Å². The molecule has 50 heavy (non-hydrogen) atoms. The summed E-state index contributed by atoms with van der Waals surface area (Å²) in [5, 5.41) is 2.43. The molecule has 0 aliphatic rings. The average molecular weight is 651 g/mol. The Hall–Kier alpha value is -5.74. The van der Waals surface area contributed by atoms with Crippen molar-refractivity contribution in [2.24, 2.45) is 0 Å². The maximum absolute atomic E-state index is 5.53. The number of fused-ring (bicyclic) bond motifs is 4. The van der Waals surface area contributed by atoms with Gasteiger partial charge >= 0.3 is 0 Å². The number of para-hydroxylation sites is 2. The zero-order valence-corrected chi connectivity index (χ0v) is 29.6. The molecule has 8 rings (SSSR count). The molecule has 0 atom stereocenters. The molecular weight excluding hydrogens is 609 g/mol. The fraction of sp³-hybridized carbons (Fsp3) is 0.174. The quantitative estimate of drug-likeness (QED) is 0.202. The molecular formula is C46H42N4. The first-order valence-electron chi connectivity index (χ1n) is 17.4. The molecule has 0 saturated heterocycles. The Morgan fingerprint density at radius 3 is 1.52 bits per heavy atom. The summed E-state index contributed by atoms with van der Waals surface area (Å²) in [7, 11) is 0. The maximum Gasteiger partial charge on any atom is 0.0973 e. The number of anilines is 3. The highest BCUT2D eigenvalue weighted by molar-refractivity contribution is 6.08. The van der Waals surface area contributed by atoms with Crippen LogP contribution in [0.5, 0.6) is 0 Å². The summed E-state index contributed by atoms with van der Waals surface area (Å²) in [6.07, 6.45) is 0. The molecule has 4 nitrogen and oxygen atoms in total. The van der Waals surface area contributed by atoms with Crippen molar-refractivity contribution < 1.29 is 0 Å². The first-order valence-corrected chi connectivity index (χ1v) is 17.4. The number of H-pyrrole nitrogens is 1. The van der Waals surface area contributed by atoms with Crippen LogP contribution < -0.4 is 4.90 Å². The third-order valence-electron chi connectivity index (χ3n) is 9.65. The van der Waals surface area contributed by atoms with E-state index in [1.165, 1.54) is 21.9 Å². The molecule has 246 valence electrons. The van der Waals surface area contributed by atoms with Crippen LogP contribution >= 0.6 is 0 Å². The van der Waals surface area contributed by atoms with Gasteiger partial charge in [0, 0.05) is 50.0 Å². The Morgan fingerprint density at radius 1 is 0.440 bits per heavy atom. The Bertz CT molecular complexity index is 2480. The molecule has 8 aromatic rings. The third-order valence-corrected chi connectivity index (χ3v) is 9.65. The first-order chi connectivity index (χ1) is 24.1. The number of aromatic amines is 1. The van der Waals surface area contributed by atoms with Crippen LogP contribution in [-0.4, -0.2) is 15.0 Å². The lowest BCUT2D eigenvalue weighted by atomic mass is 9.80. The second kappa shape index (κ2) is 12.0. The second-order valence-electron chi connectivity index (χ2n) is 15.3. The molecule has 4 heteroatoms. The van der Waals surface area contributed by atoms with Gasteiger partial charge in [-0.2, -0.15) is 0 Å². The number of nitrogens with zero attached hydrogens (tertiary/aromatic N) is 3. The zero-order chi connectivity index (χ0) is 34.6. The predicted octanol–water partition coefficient (Wildman–Crippen LogP) is 12.7. The first kappa shape index (κ1) is 31.5. The fourth-order valence-corrected chi connectivity index (χ4v) is 7.11. The van der Waals surface area contributed by atoms with E-state index in [9.17, 15) is 0 Å². The molecule has 6 aromatic carbocycles. The molecule has 2 heterocycles. The Morgan fingerprint density at radius 2 is 0.920 bits per heavy atom. The van der Waals surface area contributed by atoms with E-state index in [2.05, 4.69) is 191 Å². The molecule has 2 aromatic heterocycles. The summed E-state index contributed by atoms with van der Waals surface area (Å²) >= 11 is 0. The lowest BCUT2D eigenvalue weighted by Gasteiger charge is -2.27. The van der Waals surface area contributed by atoms with E-state index in [1.54, 1.807) is 0 Å². The second-order valence-corrected chi connectivity index (χ2v) is 15.3. The number of benzene rings is 6. The standard InChI is InChI=1S/C46H42N4/c1-45(2,3)37-26-27-38(46(4,5)6)44-43(37)48-41(30-15-9-7-10-16-30)42(49-44)31-21-23-33(24-22-31)50(32-17-11-8-12-18-32)34-25-28-40-36(29-34)35-19-13-14-20-39(35)47-40/h7-29,47H,1-6H3. The van der Waals surface area contributed by atoms with Crippen molar-refractivity contribution in [2.75, 3.05) is 4.90 Å². The molecule has 0 radical (unpaired) electrons. The Balaban J connectivity index is 1.31. The van der Waals surface area contributed by atoms with Crippen molar-refractivity contribution >= 4 is 49.9 Å². The van der Waals surface area contributed by atoms with Gasteiger partial charge in [-0.3, -0.25) is 0 Å². The van der Waals surface area contributed by atoms with Crippen LogP contribution in [0.2, 0.25) is 0 Å². The van der Waals surface area contributed by atoms with Crippen molar-refractivity contribution in [3.05, 3.63) is 151 Å². The van der Waals surface area contributed by atoms with Crippen molar-refractivity contribution in [3.63, 3.8) is 0 Å². The van der Waals surface area contributed by atoms with Crippen molar-refractivity contribution in [2.45, 2.75) is 52.4 Å². The molecule has 0 fully saturated rings. The van der Waals surface area contributed by atoms with Gasteiger partial charge in [0.1, 0.15) is 0 Å². The minimum atomic E-state index is -0.0964. The Kier molecular flexibility index (Phi) is 7.56. The minimum Gasteiger partial charge on any atom is -0.355 e. The molecule has 0 bridgehead atoms. The van der Waals surface area contributed by atoms with Gasteiger partial charge in [0.05, 0.1) is 22.4 Å². The number of rotatable bonds is 5. The van der Waals surface area contributed by atoms with Gasteiger partial charge in [-0.25, -0.2) is 9.97 Å². The number of aromatic nitrogens is 3. The van der Waals surface area contributed by atoms with E-state index in [-0.39, 0.29) is 10.8 Å². The predicted molar refractivity (Wildman–Crippen MR) is 212 cm³/mol. The van der Waals surface area contributed by atoms with Crippen LogP contribution in [0, 0.1) is 0 Å². The average Bonchev–Trinajstić information content (AvgIpc) is 3.49. The summed E-state index contributed by atoms with van der Waals surface area (Å²) in [6, 6.07) is 49.5. The van der Waals surface area contributed by atoms with E-state index >= 15 is 0 Å². The minimum absolute atomic E-state index is 0.0862. The van der Waals surface area contributed by atoms with Crippen LogP contribution in [0.1, 0.15) is 52.7 Å². The van der Waals surface area contributed by atoms with Gasteiger partial charge in [0.25, 0.3) is 0 Å². The molecule has 0 unspecified atom stereocenters. The highest BCUT2D eigenvalue weighted by Crippen LogP contribution is 2.41. The molecule has 0 spiro atoms. The lowest BCUT2D eigenvalue weighted by Crippen LogP contribution is -2.17. The van der Waals surface area contributed by atoms with E-state index < -0.39 is 0 Å². The van der Waals surface area contributed by atoms with Gasteiger partial charge in [0.15, 0.2) is 0 Å². The number of hydrogen-bond donors (Lipinski definition) is 1. The summed E-state index contributed by atoms with van der Waals surface area (Å²) in [4.78, 5) is 16.9. The zero-order valence-electron chi connectivity index (χ0n) is 29.6. The summed E-state index contributed by atoms with van der Waals surface area (Å²) in [5.74, 6) is 0. The molecule has 0 aliphatic heterocycles. The smallest absolute Gasteiger partial charge is 0.0973 e. The summed E-state index contributed by atoms with van der Waals surface area (Å²) in [5.41, 5.74) is 13.6. The fourth-order valence-electron chi connectivity index (χ4n) is 7.11. The van der Waals surface area contributed by atoms with Crippen LogP contribution in [0.3, 0.4) is 0 Å². The van der Waals surface area contributed by atoms with Crippen LogP contribution in [-0.2, 0) is 10.8 Å². The third kappa shape index (κ3) is 5.61. The van der Waals surface area contributed by atoms with E-state index in [0.717, 1.165) is 61.6 Å². The normalized spacial score (nSPS) is 12.2. The largest absolute Gasteiger partial charge is 0.355 e. The molecule has 0 saturated carbocycles. The van der Waals surface area contributed by atoms with Crippen LogP contribution in [0.4, 0.5) is 17.1 Å². The number of nitrogens with one attached hydrogen (secondary N) is 1. The van der Waals surface area contributed by atoms with Crippen molar-refractivity contribution in [3.8, 4) is 22.5 Å². The van der Waals surface area contributed by atoms with Crippen LogP contribution in [0.15, 0.2) is 140 Å².